The van der Waals surface area contributed by atoms with Crippen LogP contribution >= 0.6 is 11.6 Å². The Hall–Kier alpha value is -3.19. The molecular formula is C22H23ClFN5O. The van der Waals surface area contributed by atoms with Crippen molar-refractivity contribution in [1.82, 2.24) is 15.1 Å². The summed E-state index contributed by atoms with van der Waals surface area (Å²) in [5, 5.41) is 10.8. The van der Waals surface area contributed by atoms with E-state index >= 15 is 0 Å². The van der Waals surface area contributed by atoms with Crippen molar-refractivity contribution in [3.63, 3.8) is 0 Å². The van der Waals surface area contributed by atoms with Gasteiger partial charge < -0.3 is 5.32 Å². The number of anilines is 1. The van der Waals surface area contributed by atoms with Gasteiger partial charge in [-0.15, -0.1) is 0 Å². The minimum atomic E-state index is -0.341. The molecule has 2 aromatic carbocycles. The van der Waals surface area contributed by atoms with Gasteiger partial charge in [0.1, 0.15) is 5.82 Å². The molecule has 0 saturated heterocycles. The van der Waals surface area contributed by atoms with Gasteiger partial charge in [0.05, 0.1) is 5.69 Å². The third-order valence-electron chi connectivity index (χ3n) is 4.74. The van der Waals surface area contributed by atoms with E-state index in [1.165, 1.54) is 12.1 Å². The zero-order chi connectivity index (χ0) is 21.7. The lowest BCUT2D eigenvalue weighted by atomic mass is 10.1. The van der Waals surface area contributed by atoms with Crippen LogP contribution in [0.1, 0.15) is 27.3 Å². The number of aryl methyl sites for hydroxylation is 2. The highest BCUT2D eigenvalue weighted by atomic mass is 35.5. The van der Waals surface area contributed by atoms with Crippen molar-refractivity contribution in [2.75, 3.05) is 11.9 Å². The minimum absolute atomic E-state index is 0.278. The molecule has 156 valence electrons. The molecule has 0 aliphatic heterocycles. The second-order valence-electron chi connectivity index (χ2n) is 6.85. The summed E-state index contributed by atoms with van der Waals surface area (Å²) in [6.45, 7) is 4.42. The van der Waals surface area contributed by atoms with Crippen molar-refractivity contribution in [3.8, 4) is 0 Å². The van der Waals surface area contributed by atoms with Gasteiger partial charge in [0.2, 0.25) is 5.96 Å². The number of amides is 1. The van der Waals surface area contributed by atoms with E-state index in [0.29, 0.717) is 29.2 Å². The van der Waals surface area contributed by atoms with Crippen molar-refractivity contribution in [2.24, 2.45) is 12.0 Å². The molecule has 0 bridgehead atoms. The molecule has 1 heterocycles. The molecule has 0 unspecified atom stereocenters. The van der Waals surface area contributed by atoms with Gasteiger partial charge in [-0.25, -0.2) is 4.39 Å². The monoisotopic (exact) mass is 427 g/mol. The summed E-state index contributed by atoms with van der Waals surface area (Å²) >= 11 is 5.89. The Bertz CT molecular complexity index is 1060. The number of hydrogen-bond donors (Lipinski definition) is 2. The maximum atomic E-state index is 13.2. The molecule has 8 heteroatoms. The van der Waals surface area contributed by atoms with Gasteiger partial charge in [0.25, 0.3) is 5.91 Å². The van der Waals surface area contributed by atoms with Crippen molar-refractivity contribution >= 4 is 29.2 Å². The molecule has 3 rings (SSSR count). The van der Waals surface area contributed by atoms with Gasteiger partial charge in [0.15, 0.2) is 0 Å². The highest BCUT2D eigenvalue weighted by Gasteiger charge is 2.11. The number of benzene rings is 2. The number of rotatable bonds is 5. The fraction of sp³-hybridized carbons (Fsp3) is 0.227. The Labute approximate surface area is 179 Å². The molecule has 0 aliphatic rings. The number of carbonyl (C=O) groups excluding carboxylic acids is 1. The second kappa shape index (κ2) is 9.54. The summed E-state index contributed by atoms with van der Waals surface area (Å²) in [5.74, 6) is -0.388. The van der Waals surface area contributed by atoms with Gasteiger partial charge in [0, 0.05) is 35.6 Å². The van der Waals surface area contributed by atoms with Crippen LogP contribution in [0.2, 0.25) is 5.02 Å². The highest BCUT2D eigenvalue weighted by molar-refractivity contribution is 6.30. The predicted molar refractivity (Wildman–Crippen MR) is 118 cm³/mol. The number of nitrogens with zero attached hydrogens (tertiary/aromatic N) is 3. The van der Waals surface area contributed by atoms with Crippen LogP contribution in [0.4, 0.5) is 10.1 Å². The highest BCUT2D eigenvalue weighted by Crippen LogP contribution is 2.13. The van der Waals surface area contributed by atoms with Crippen LogP contribution in [0.15, 0.2) is 53.5 Å². The zero-order valence-corrected chi connectivity index (χ0v) is 17.8. The Morgan fingerprint density at radius 2 is 1.80 bits per heavy atom. The second-order valence-corrected chi connectivity index (χ2v) is 7.28. The van der Waals surface area contributed by atoms with Gasteiger partial charge in [-0.2, -0.15) is 5.10 Å². The summed E-state index contributed by atoms with van der Waals surface area (Å²) in [7, 11) is 1.91. The smallest absolute Gasteiger partial charge is 0.257 e. The number of aliphatic imine (C=N–C) groups is 1. The van der Waals surface area contributed by atoms with E-state index in [-0.39, 0.29) is 17.7 Å². The average molecular weight is 428 g/mol. The first-order valence-corrected chi connectivity index (χ1v) is 9.84. The van der Waals surface area contributed by atoms with E-state index in [1.54, 1.807) is 36.4 Å². The lowest BCUT2D eigenvalue weighted by Gasteiger charge is -2.12. The Balaban J connectivity index is 1.77. The molecule has 0 fully saturated rings. The van der Waals surface area contributed by atoms with Crippen LogP contribution in [-0.4, -0.2) is 28.2 Å². The Kier molecular flexibility index (Phi) is 6.84. The van der Waals surface area contributed by atoms with E-state index in [2.05, 4.69) is 20.7 Å². The number of aromatic nitrogens is 2. The van der Waals surface area contributed by atoms with Crippen LogP contribution in [0.25, 0.3) is 0 Å². The number of halogens is 2. The van der Waals surface area contributed by atoms with E-state index in [9.17, 15) is 9.18 Å². The molecule has 0 radical (unpaired) electrons. The van der Waals surface area contributed by atoms with Crippen molar-refractivity contribution in [3.05, 3.63) is 81.9 Å². The first kappa shape index (κ1) is 21.5. The van der Waals surface area contributed by atoms with Crippen LogP contribution in [-0.2, 0) is 13.5 Å². The summed E-state index contributed by atoms with van der Waals surface area (Å²) in [5.41, 5.74) is 4.24. The zero-order valence-electron chi connectivity index (χ0n) is 17.0. The summed E-state index contributed by atoms with van der Waals surface area (Å²) < 4.78 is 15.1. The standard InChI is InChI=1S/C22H23ClFN5O/c1-14-20(15(2)29(3)28-14)12-13-25-22(26-19-10-8-18(24)9-11-19)27-21(30)16-4-6-17(23)7-5-16/h4-11H,12-13H2,1-3H3,(H2,25,26,27,30). The van der Waals surface area contributed by atoms with E-state index in [1.807, 2.05) is 25.6 Å². The summed E-state index contributed by atoms with van der Waals surface area (Å²) in [4.78, 5) is 17.1. The first-order valence-electron chi connectivity index (χ1n) is 9.46. The van der Waals surface area contributed by atoms with E-state index in [4.69, 9.17) is 11.6 Å². The minimum Gasteiger partial charge on any atom is -0.326 e. The molecule has 6 nitrogen and oxygen atoms in total. The van der Waals surface area contributed by atoms with Crippen molar-refractivity contribution in [1.29, 1.82) is 0 Å². The topological polar surface area (TPSA) is 71.3 Å². The first-order chi connectivity index (χ1) is 14.3. The van der Waals surface area contributed by atoms with Crippen LogP contribution in [0, 0.1) is 19.7 Å². The molecule has 1 amide bonds. The summed E-state index contributed by atoms with van der Waals surface area (Å²) in [6, 6.07) is 12.4. The van der Waals surface area contributed by atoms with E-state index < -0.39 is 0 Å². The lowest BCUT2D eigenvalue weighted by Crippen LogP contribution is -2.36. The van der Waals surface area contributed by atoms with E-state index in [0.717, 1.165) is 17.0 Å². The number of hydrogen-bond acceptors (Lipinski definition) is 3. The maximum Gasteiger partial charge on any atom is 0.257 e. The van der Waals surface area contributed by atoms with Crippen LogP contribution < -0.4 is 10.6 Å². The quantitative estimate of drug-likeness (QED) is 0.472. The lowest BCUT2D eigenvalue weighted by molar-refractivity contribution is 0.0977. The largest absolute Gasteiger partial charge is 0.326 e. The van der Waals surface area contributed by atoms with Gasteiger partial charge in [-0.3, -0.25) is 19.8 Å². The molecular weight excluding hydrogens is 405 g/mol. The predicted octanol–water partition coefficient (Wildman–Crippen LogP) is 4.27. The molecule has 0 atom stereocenters. The molecule has 0 aliphatic carbocycles. The molecule has 0 saturated carbocycles. The molecule has 3 aromatic rings. The van der Waals surface area contributed by atoms with Gasteiger partial charge in [-0.05, 0) is 74.4 Å². The Morgan fingerprint density at radius 3 is 2.40 bits per heavy atom. The third kappa shape index (κ3) is 5.45. The van der Waals surface area contributed by atoms with Gasteiger partial charge in [-0.1, -0.05) is 11.6 Å². The van der Waals surface area contributed by atoms with Crippen molar-refractivity contribution < 1.29 is 9.18 Å². The third-order valence-corrected chi connectivity index (χ3v) is 4.99. The van der Waals surface area contributed by atoms with Crippen LogP contribution in [0.3, 0.4) is 0 Å². The number of nitrogens with one attached hydrogen (secondary N) is 2. The molecule has 30 heavy (non-hydrogen) atoms. The molecule has 0 spiro atoms. The van der Waals surface area contributed by atoms with Crippen molar-refractivity contribution in [2.45, 2.75) is 20.3 Å². The summed E-state index contributed by atoms with van der Waals surface area (Å²) in [6.07, 6.45) is 0.677. The SMILES string of the molecule is Cc1nn(C)c(C)c1CCN=C(NC(=O)c1ccc(Cl)cc1)Nc1ccc(F)cc1. The number of carbonyl (C=O) groups is 1. The maximum absolute atomic E-state index is 13.2. The molecule has 1 aromatic heterocycles. The normalized spacial score (nSPS) is 11.4. The van der Waals surface area contributed by atoms with Crippen LogP contribution in [0.5, 0.6) is 0 Å². The van der Waals surface area contributed by atoms with Gasteiger partial charge >= 0.3 is 0 Å². The number of guanidine groups is 1. The Morgan fingerprint density at radius 1 is 1.13 bits per heavy atom. The molecule has 2 N–H and O–H groups in total. The average Bonchev–Trinajstić information content (AvgIpc) is 2.96. The fourth-order valence-electron chi connectivity index (χ4n) is 3.02. The fourth-order valence-corrected chi connectivity index (χ4v) is 3.15.